The van der Waals surface area contributed by atoms with Crippen LogP contribution < -0.4 is 15.4 Å². The van der Waals surface area contributed by atoms with Crippen LogP contribution in [-0.4, -0.2) is 17.7 Å². The SMILES string of the molecule is CCCCC(c1ccc(C2NCc3cc(OCCC)ccc3N2)cc1)C1CCC(C(=O)O)CC1. The van der Waals surface area contributed by atoms with Crippen LogP contribution in [0.5, 0.6) is 5.75 Å². The Bertz CT molecular complexity index is 935. The number of unbranched alkanes of at least 4 members (excludes halogenated alkanes) is 1. The molecule has 2 atom stereocenters. The molecule has 5 nitrogen and oxygen atoms in total. The van der Waals surface area contributed by atoms with Crippen LogP contribution in [-0.2, 0) is 11.3 Å². The second kappa shape index (κ2) is 11.7. The van der Waals surface area contributed by atoms with Gasteiger partial charge in [-0.25, -0.2) is 0 Å². The molecular formula is C29H40N2O3. The van der Waals surface area contributed by atoms with Crippen LogP contribution in [0.2, 0.25) is 0 Å². The molecule has 1 aliphatic heterocycles. The number of ether oxygens (including phenoxy) is 1. The summed E-state index contributed by atoms with van der Waals surface area (Å²) in [6.45, 7) is 5.92. The van der Waals surface area contributed by atoms with Crippen molar-refractivity contribution >= 4 is 11.7 Å². The molecule has 0 saturated heterocycles. The Morgan fingerprint density at radius 2 is 1.82 bits per heavy atom. The minimum Gasteiger partial charge on any atom is -0.494 e. The van der Waals surface area contributed by atoms with Crippen LogP contribution in [0.25, 0.3) is 0 Å². The number of carboxylic acids is 1. The summed E-state index contributed by atoms with van der Waals surface area (Å²) in [4.78, 5) is 11.4. The molecule has 2 aromatic carbocycles. The molecule has 4 rings (SSSR count). The topological polar surface area (TPSA) is 70.6 Å². The lowest BCUT2D eigenvalue weighted by molar-refractivity contribution is -0.143. The molecule has 0 amide bonds. The fraction of sp³-hybridized carbons (Fsp3) is 0.552. The van der Waals surface area contributed by atoms with E-state index in [9.17, 15) is 9.90 Å². The number of benzene rings is 2. The number of nitrogens with one attached hydrogen (secondary N) is 2. The molecule has 1 saturated carbocycles. The van der Waals surface area contributed by atoms with Crippen LogP contribution in [0.4, 0.5) is 5.69 Å². The number of fused-ring (bicyclic) bond motifs is 1. The van der Waals surface area contributed by atoms with Gasteiger partial charge >= 0.3 is 5.97 Å². The van der Waals surface area contributed by atoms with Crippen molar-refractivity contribution in [3.63, 3.8) is 0 Å². The summed E-state index contributed by atoms with van der Waals surface area (Å²) < 4.78 is 5.78. The number of carboxylic acid groups (broad SMARTS) is 1. The van der Waals surface area contributed by atoms with Crippen LogP contribution in [0.15, 0.2) is 42.5 Å². The van der Waals surface area contributed by atoms with Gasteiger partial charge in [0.05, 0.1) is 12.5 Å². The number of aliphatic carboxylic acids is 1. The first kappa shape index (κ1) is 24.6. The van der Waals surface area contributed by atoms with Crippen LogP contribution in [0.1, 0.15) is 94.0 Å². The van der Waals surface area contributed by atoms with E-state index in [2.05, 4.69) is 60.9 Å². The lowest BCUT2D eigenvalue weighted by Gasteiger charge is -2.33. The van der Waals surface area contributed by atoms with Gasteiger partial charge in [-0.3, -0.25) is 10.1 Å². The van der Waals surface area contributed by atoms with Gasteiger partial charge in [-0.05, 0) is 85.3 Å². The van der Waals surface area contributed by atoms with E-state index in [1.807, 2.05) is 6.07 Å². The van der Waals surface area contributed by atoms with Gasteiger partial charge in [-0.1, -0.05) is 51.0 Å². The van der Waals surface area contributed by atoms with E-state index in [4.69, 9.17) is 4.74 Å². The van der Waals surface area contributed by atoms with Gasteiger partial charge in [0, 0.05) is 12.2 Å². The predicted molar refractivity (Wildman–Crippen MR) is 137 cm³/mol. The van der Waals surface area contributed by atoms with Crippen molar-refractivity contribution < 1.29 is 14.6 Å². The van der Waals surface area contributed by atoms with Crippen LogP contribution in [0, 0.1) is 11.8 Å². The number of rotatable bonds is 10. The summed E-state index contributed by atoms with van der Waals surface area (Å²) in [6, 6.07) is 15.4. The van der Waals surface area contributed by atoms with Crippen molar-refractivity contribution in [2.75, 3.05) is 11.9 Å². The average Bonchev–Trinajstić information content (AvgIpc) is 2.88. The highest BCUT2D eigenvalue weighted by Crippen LogP contribution is 2.41. The summed E-state index contributed by atoms with van der Waals surface area (Å²) in [7, 11) is 0. The Labute approximate surface area is 204 Å². The Morgan fingerprint density at radius 1 is 1.06 bits per heavy atom. The highest BCUT2D eigenvalue weighted by Gasteiger charge is 2.31. The molecule has 2 unspecified atom stereocenters. The largest absolute Gasteiger partial charge is 0.494 e. The van der Waals surface area contributed by atoms with E-state index >= 15 is 0 Å². The van der Waals surface area contributed by atoms with Crippen molar-refractivity contribution in [2.45, 2.75) is 83.8 Å². The molecule has 1 heterocycles. The van der Waals surface area contributed by atoms with Crippen LogP contribution in [0.3, 0.4) is 0 Å². The zero-order valence-corrected chi connectivity index (χ0v) is 20.7. The summed E-state index contributed by atoms with van der Waals surface area (Å²) in [5, 5.41) is 16.6. The molecule has 0 spiro atoms. The fourth-order valence-corrected chi connectivity index (χ4v) is 5.59. The maximum atomic E-state index is 11.4. The van der Waals surface area contributed by atoms with Crippen molar-refractivity contribution in [3.8, 4) is 5.75 Å². The first-order chi connectivity index (χ1) is 16.6. The van der Waals surface area contributed by atoms with Gasteiger partial charge in [0.15, 0.2) is 0 Å². The molecule has 3 N–H and O–H groups in total. The molecule has 0 bridgehead atoms. The standard InChI is InChI=1S/C29H40N2O3/c1-3-5-6-26(21-9-13-23(14-10-21)29(32)33)20-7-11-22(12-8-20)28-30-19-24-18-25(34-17-4-2)15-16-27(24)31-28/h7-8,11-12,15-16,18,21,23,26,28,30-31H,3-6,9-10,13-14,17,19H2,1-2H3,(H,32,33). The molecule has 0 radical (unpaired) electrons. The Morgan fingerprint density at radius 3 is 2.50 bits per heavy atom. The molecule has 2 aliphatic rings. The molecular weight excluding hydrogens is 424 g/mol. The van der Waals surface area contributed by atoms with Gasteiger partial charge in [0.25, 0.3) is 0 Å². The van der Waals surface area contributed by atoms with Gasteiger partial charge in [0.2, 0.25) is 0 Å². The molecule has 0 aromatic heterocycles. The quantitative estimate of drug-likeness (QED) is 0.358. The first-order valence-electron chi connectivity index (χ1n) is 13.2. The number of anilines is 1. The fourth-order valence-electron chi connectivity index (χ4n) is 5.59. The third kappa shape index (κ3) is 5.93. The smallest absolute Gasteiger partial charge is 0.306 e. The third-order valence-electron chi connectivity index (χ3n) is 7.60. The minimum absolute atomic E-state index is 0.0871. The second-order valence-corrected chi connectivity index (χ2v) is 9.99. The Hall–Kier alpha value is -2.53. The number of carbonyl (C=O) groups is 1. The summed E-state index contributed by atoms with van der Waals surface area (Å²) in [5.74, 6) is 1.29. The normalized spacial score (nSPS) is 22.9. The second-order valence-electron chi connectivity index (χ2n) is 9.99. The van der Waals surface area contributed by atoms with E-state index < -0.39 is 5.97 Å². The number of hydrogen-bond donors (Lipinski definition) is 3. The van der Waals surface area contributed by atoms with Crippen molar-refractivity contribution in [2.24, 2.45) is 11.8 Å². The molecule has 1 aliphatic carbocycles. The monoisotopic (exact) mass is 464 g/mol. The molecule has 34 heavy (non-hydrogen) atoms. The van der Waals surface area contributed by atoms with E-state index in [1.54, 1.807) is 0 Å². The van der Waals surface area contributed by atoms with Crippen molar-refractivity contribution in [1.29, 1.82) is 0 Å². The van der Waals surface area contributed by atoms with Gasteiger partial charge < -0.3 is 15.2 Å². The molecule has 2 aromatic rings. The maximum Gasteiger partial charge on any atom is 0.306 e. The third-order valence-corrected chi connectivity index (χ3v) is 7.60. The molecule has 5 heteroatoms. The van der Waals surface area contributed by atoms with Crippen LogP contribution >= 0.6 is 0 Å². The van der Waals surface area contributed by atoms with Gasteiger partial charge in [0.1, 0.15) is 11.9 Å². The van der Waals surface area contributed by atoms with Crippen molar-refractivity contribution in [1.82, 2.24) is 5.32 Å². The molecule has 184 valence electrons. The summed E-state index contributed by atoms with van der Waals surface area (Å²) in [6.07, 6.45) is 8.39. The molecule has 1 fully saturated rings. The average molecular weight is 465 g/mol. The first-order valence-corrected chi connectivity index (χ1v) is 13.2. The summed E-state index contributed by atoms with van der Waals surface area (Å²) in [5.41, 5.74) is 5.04. The maximum absolute atomic E-state index is 11.4. The Kier molecular flexibility index (Phi) is 8.49. The highest BCUT2D eigenvalue weighted by atomic mass is 16.5. The van der Waals surface area contributed by atoms with E-state index in [0.717, 1.165) is 56.7 Å². The zero-order valence-electron chi connectivity index (χ0n) is 20.7. The van der Waals surface area contributed by atoms with Crippen molar-refractivity contribution in [3.05, 3.63) is 59.2 Å². The lowest BCUT2D eigenvalue weighted by atomic mass is 9.72. The van der Waals surface area contributed by atoms with E-state index in [1.165, 1.54) is 36.0 Å². The Balaban J connectivity index is 1.42. The zero-order chi connectivity index (χ0) is 23.9. The highest BCUT2D eigenvalue weighted by molar-refractivity contribution is 5.70. The van der Waals surface area contributed by atoms with Gasteiger partial charge in [-0.15, -0.1) is 0 Å². The lowest BCUT2D eigenvalue weighted by Crippen LogP contribution is -2.32. The van der Waals surface area contributed by atoms with Gasteiger partial charge in [-0.2, -0.15) is 0 Å². The minimum atomic E-state index is -0.619. The van der Waals surface area contributed by atoms with E-state index in [0.29, 0.717) is 11.8 Å². The predicted octanol–water partition coefficient (Wildman–Crippen LogP) is 6.85. The summed E-state index contributed by atoms with van der Waals surface area (Å²) >= 11 is 0. The van der Waals surface area contributed by atoms with E-state index in [-0.39, 0.29) is 12.1 Å². The number of hydrogen-bond acceptors (Lipinski definition) is 4.